The van der Waals surface area contributed by atoms with Crippen LogP contribution >= 0.6 is 11.3 Å². The van der Waals surface area contributed by atoms with Gasteiger partial charge in [0.15, 0.2) is 0 Å². The van der Waals surface area contributed by atoms with Crippen LogP contribution in [-0.4, -0.2) is 20.3 Å². The lowest BCUT2D eigenvalue weighted by atomic mass is 9.88. The third kappa shape index (κ3) is 2.16. The summed E-state index contributed by atoms with van der Waals surface area (Å²) in [4.78, 5) is 0. The molecular weight excluding hydrogens is 194 g/mol. The molecule has 1 unspecified atom stereocenters. The number of hydrogen-bond donors (Lipinski definition) is 1. The molecule has 0 aromatic carbocycles. The fourth-order valence-electron chi connectivity index (χ4n) is 2.18. The highest BCUT2D eigenvalue weighted by Crippen LogP contribution is 2.30. The van der Waals surface area contributed by atoms with E-state index in [0.717, 1.165) is 19.1 Å². The van der Waals surface area contributed by atoms with Crippen LogP contribution in [0.1, 0.15) is 24.4 Å². The van der Waals surface area contributed by atoms with Crippen LogP contribution in [0, 0.1) is 5.92 Å². The van der Waals surface area contributed by atoms with Crippen LogP contribution in [0.3, 0.4) is 0 Å². The van der Waals surface area contributed by atoms with E-state index in [0.29, 0.717) is 6.04 Å². The molecule has 1 fully saturated rings. The lowest BCUT2D eigenvalue weighted by molar-refractivity contribution is 0.0547. The first-order valence-corrected chi connectivity index (χ1v) is 6.13. The quantitative estimate of drug-likeness (QED) is 0.829. The number of rotatable bonds is 3. The van der Waals surface area contributed by atoms with E-state index >= 15 is 0 Å². The van der Waals surface area contributed by atoms with Gasteiger partial charge in [0, 0.05) is 19.3 Å². The molecule has 1 saturated heterocycles. The molecule has 0 spiro atoms. The molecule has 0 bridgehead atoms. The molecule has 2 nitrogen and oxygen atoms in total. The van der Waals surface area contributed by atoms with Gasteiger partial charge in [0.05, 0.1) is 0 Å². The highest BCUT2D eigenvalue weighted by molar-refractivity contribution is 7.07. The molecule has 1 aliphatic heterocycles. The molecule has 1 N–H and O–H groups in total. The minimum Gasteiger partial charge on any atom is -0.381 e. The standard InChI is InChI=1S/C11H17NOS/c1-12-11(10-4-7-14-8-10)9-2-5-13-6-3-9/h4,7-9,11-12H,2-3,5-6H2,1H3. The van der Waals surface area contributed by atoms with Gasteiger partial charge in [-0.3, -0.25) is 0 Å². The minimum absolute atomic E-state index is 0.519. The zero-order valence-electron chi connectivity index (χ0n) is 8.53. The highest BCUT2D eigenvalue weighted by atomic mass is 32.1. The Bertz CT molecular complexity index is 254. The Morgan fingerprint density at radius 1 is 1.50 bits per heavy atom. The Labute approximate surface area is 89.3 Å². The predicted octanol–water partition coefficient (Wildman–Crippen LogP) is 2.44. The van der Waals surface area contributed by atoms with Crippen LogP contribution in [0.15, 0.2) is 16.8 Å². The predicted molar refractivity (Wildman–Crippen MR) is 59.7 cm³/mol. The van der Waals surface area contributed by atoms with Crippen LogP contribution in [0.5, 0.6) is 0 Å². The van der Waals surface area contributed by atoms with Crippen molar-refractivity contribution in [1.29, 1.82) is 0 Å². The van der Waals surface area contributed by atoms with Crippen molar-refractivity contribution in [2.24, 2.45) is 5.92 Å². The van der Waals surface area contributed by atoms with Gasteiger partial charge in [-0.1, -0.05) is 0 Å². The maximum absolute atomic E-state index is 5.39. The van der Waals surface area contributed by atoms with Crippen molar-refractivity contribution in [1.82, 2.24) is 5.32 Å². The Morgan fingerprint density at radius 3 is 2.86 bits per heavy atom. The third-order valence-electron chi connectivity index (χ3n) is 2.95. The summed E-state index contributed by atoms with van der Waals surface area (Å²) in [5.41, 5.74) is 1.43. The van der Waals surface area contributed by atoms with Gasteiger partial charge in [-0.25, -0.2) is 0 Å². The smallest absolute Gasteiger partial charge is 0.0469 e. The van der Waals surface area contributed by atoms with Crippen LogP contribution in [0.2, 0.25) is 0 Å². The highest BCUT2D eigenvalue weighted by Gasteiger charge is 2.24. The molecule has 14 heavy (non-hydrogen) atoms. The van der Waals surface area contributed by atoms with Gasteiger partial charge in [0.2, 0.25) is 0 Å². The zero-order valence-corrected chi connectivity index (χ0v) is 9.35. The summed E-state index contributed by atoms with van der Waals surface area (Å²) in [5.74, 6) is 0.739. The van der Waals surface area contributed by atoms with E-state index in [-0.39, 0.29) is 0 Å². The average molecular weight is 211 g/mol. The number of hydrogen-bond acceptors (Lipinski definition) is 3. The molecule has 2 rings (SSSR count). The van der Waals surface area contributed by atoms with E-state index in [1.165, 1.54) is 18.4 Å². The van der Waals surface area contributed by atoms with Gasteiger partial charge in [-0.15, -0.1) is 0 Å². The second kappa shape index (κ2) is 4.91. The van der Waals surface area contributed by atoms with Crippen molar-refractivity contribution in [2.45, 2.75) is 18.9 Å². The maximum Gasteiger partial charge on any atom is 0.0469 e. The number of nitrogens with one attached hydrogen (secondary N) is 1. The number of thiophene rings is 1. The number of ether oxygens (including phenoxy) is 1. The van der Waals surface area contributed by atoms with Gasteiger partial charge >= 0.3 is 0 Å². The second-order valence-electron chi connectivity index (χ2n) is 3.77. The molecule has 1 aromatic rings. The molecule has 1 aromatic heterocycles. The molecule has 1 aliphatic rings. The van der Waals surface area contributed by atoms with E-state index in [2.05, 4.69) is 29.2 Å². The van der Waals surface area contributed by atoms with Crippen LogP contribution in [0.4, 0.5) is 0 Å². The largest absolute Gasteiger partial charge is 0.381 e. The van der Waals surface area contributed by atoms with Crippen LogP contribution < -0.4 is 5.32 Å². The monoisotopic (exact) mass is 211 g/mol. The third-order valence-corrected chi connectivity index (χ3v) is 3.65. The van der Waals surface area contributed by atoms with Crippen LogP contribution in [0.25, 0.3) is 0 Å². The molecular formula is C11H17NOS. The molecule has 3 heteroatoms. The zero-order chi connectivity index (χ0) is 9.80. The second-order valence-corrected chi connectivity index (χ2v) is 4.55. The summed E-state index contributed by atoms with van der Waals surface area (Å²) in [5, 5.41) is 7.82. The van der Waals surface area contributed by atoms with Crippen molar-refractivity contribution in [3.8, 4) is 0 Å². The van der Waals surface area contributed by atoms with E-state index < -0.39 is 0 Å². The fraction of sp³-hybridized carbons (Fsp3) is 0.636. The van der Waals surface area contributed by atoms with Crippen molar-refractivity contribution in [3.63, 3.8) is 0 Å². The lowest BCUT2D eigenvalue weighted by Gasteiger charge is -2.29. The Kier molecular flexibility index (Phi) is 3.56. The molecule has 1 atom stereocenters. The van der Waals surface area contributed by atoms with Gasteiger partial charge in [-0.05, 0) is 48.2 Å². The maximum atomic E-state index is 5.39. The summed E-state index contributed by atoms with van der Waals surface area (Å²) in [6, 6.07) is 2.74. The van der Waals surface area contributed by atoms with E-state index in [4.69, 9.17) is 4.74 Å². The molecule has 2 heterocycles. The molecule has 0 amide bonds. The topological polar surface area (TPSA) is 21.3 Å². The summed E-state index contributed by atoms with van der Waals surface area (Å²) in [6.45, 7) is 1.85. The van der Waals surface area contributed by atoms with Crippen LogP contribution in [-0.2, 0) is 4.74 Å². The van der Waals surface area contributed by atoms with Crippen molar-refractivity contribution in [2.75, 3.05) is 20.3 Å². The normalized spacial score (nSPS) is 20.9. The Hall–Kier alpha value is -0.380. The molecule has 0 radical (unpaired) electrons. The molecule has 0 saturated carbocycles. The first kappa shape index (κ1) is 10.1. The summed E-state index contributed by atoms with van der Waals surface area (Å²) in [7, 11) is 2.05. The van der Waals surface area contributed by atoms with E-state index in [1.54, 1.807) is 11.3 Å². The minimum atomic E-state index is 0.519. The Morgan fingerprint density at radius 2 is 2.29 bits per heavy atom. The van der Waals surface area contributed by atoms with Crippen molar-refractivity contribution in [3.05, 3.63) is 22.4 Å². The van der Waals surface area contributed by atoms with Crippen molar-refractivity contribution >= 4 is 11.3 Å². The lowest BCUT2D eigenvalue weighted by Crippen LogP contribution is -2.29. The van der Waals surface area contributed by atoms with Gasteiger partial charge in [-0.2, -0.15) is 11.3 Å². The molecule has 78 valence electrons. The van der Waals surface area contributed by atoms with E-state index in [9.17, 15) is 0 Å². The summed E-state index contributed by atoms with van der Waals surface area (Å²) >= 11 is 1.78. The van der Waals surface area contributed by atoms with Crippen molar-refractivity contribution < 1.29 is 4.74 Å². The first-order valence-electron chi connectivity index (χ1n) is 5.19. The summed E-state index contributed by atoms with van der Waals surface area (Å²) in [6.07, 6.45) is 2.36. The summed E-state index contributed by atoms with van der Waals surface area (Å²) < 4.78 is 5.39. The Balaban J connectivity index is 2.04. The fourth-order valence-corrected chi connectivity index (χ4v) is 2.87. The van der Waals surface area contributed by atoms with E-state index in [1.807, 2.05) is 0 Å². The first-order chi connectivity index (χ1) is 6.92. The van der Waals surface area contributed by atoms with Gasteiger partial charge in [0.1, 0.15) is 0 Å². The van der Waals surface area contributed by atoms with Gasteiger partial charge < -0.3 is 10.1 Å². The average Bonchev–Trinajstić information content (AvgIpc) is 2.74. The van der Waals surface area contributed by atoms with Gasteiger partial charge in [0.25, 0.3) is 0 Å². The SMILES string of the molecule is CNC(c1ccsc1)C1CCOCC1. The molecule has 0 aliphatic carbocycles.